The predicted octanol–water partition coefficient (Wildman–Crippen LogP) is 4.30. The monoisotopic (exact) mass is 287 g/mol. The number of ether oxygens (including phenoxy) is 1. The van der Waals surface area contributed by atoms with Crippen LogP contribution in [0.1, 0.15) is 51.5 Å². The van der Waals surface area contributed by atoms with Crippen LogP contribution in [0, 0.1) is 23.2 Å². The molecule has 0 saturated heterocycles. The molecule has 0 amide bonds. The number of rotatable bonds is 8. The minimum Gasteiger partial charge on any atom is -0.465 e. The Kier molecular flexibility index (Phi) is 7.53. The number of nitriles is 1. The van der Waals surface area contributed by atoms with Crippen LogP contribution in [0.15, 0.2) is 30.3 Å². The number of esters is 1. The maximum Gasteiger partial charge on any atom is 0.323 e. The molecule has 1 unspecified atom stereocenters. The van der Waals surface area contributed by atoms with Gasteiger partial charge in [-0.15, -0.1) is 0 Å². The van der Waals surface area contributed by atoms with Gasteiger partial charge in [-0.2, -0.15) is 5.26 Å². The number of unbranched alkanes of at least 4 members (excludes halogenated alkanes) is 1. The van der Waals surface area contributed by atoms with Crippen LogP contribution in [0.4, 0.5) is 0 Å². The van der Waals surface area contributed by atoms with E-state index >= 15 is 0 Å². The highest BCUT2D eigenvalue weighted by atomic mass is 16.5. The van der Waals surface area contributed by atoms with Gasteiger partial charge in [-0.25, -0.2) is 0 Å². The van der Waals surface area contributed by atoms with E-state index in [1.54, 1.807) is 6.92 Å². The Morgan fingerprint density at radius 3 is 2.48 bits per heavy atom. The lowest BCUT2D eigenvalue weighted by Gasteiger charge is -2.27. The van der Waals surface area contributed by atoms with Crippen LogP contribution < -0.4 is 0 Å². The Bertz CT molecular complexity index is 464. The van der Waals surface area contributed by atoms with E-state index in [0.29, 0.717) is 6.61 Å². The highest BCUT2D eigenvalue weighted by molar-refractivity contribution is 5.75. The first-order valence-electron chi connectivity index (χ1n) is 7.76. The summed E-state index contributed by atoms with van der Waals surface area (Å²) in [5.41, 5.74) is 1.17. The molecular weight excluding hydrogens is 262 g/mol. The number of carbonyl (C=O) groups excluding carboxylic acids is 1. The molecule has 0 radical (unpaired) electrons. The molecule has 114 valence electrons. The molecule has 0 bridgehead atoms. The van der Waals surface area contributed by atoms with Gasteiger partial charge in [-0.1, -0.05) is 57.0 Å². The van der Waals surface area contributed by atoms with Crippen molar-refractivity contribution in [3.8, 4) is 6.07 Å². The Balaban J connectivity index is 2.98. The maximum absolute atomic E-state index is 12.1. The third-order valence-electron chi connectivity index (χ3n) is 3.97. The molecule has 0 N–H and O–H groups in total. The van der Waals surface area contributed by atoms with Crippen molar-refractivity contribution in [3.05, 3.63) is 35.9 Å². The largest absolute Gasteiger partial charge is 0.465 e. The molecule has 0 spiro atoms. The van der Waals surface area contributed by atoms with Crippen molar-refractivity contribution in [3.63, 3.8) is 0 Å². The number of benzene rings is 1. The van der Waals surface area contributed by atoms with Crippen molar-refractivity contribution in [2.75, 3.05) is 6.61 Å². The van der Waals surface area contributed by atoms with Crippen molar-refractivity contribution in [2.24, 2.45) is 11.8 Å². The molecule has 3 heteroatoms. The predicted molar refractivity (Wildman–Crippen MR) is 83.6 cm³/mol. The molecule has 21 heavy (non-hydrogen) atoms. The van der Waals surface area contributed by atoms with Gasteiger partial charge in [0.25, 0.3) is 0 Å². The highest BCUT2D eigenvalue weighted by Gasteiger charge is 2.33. The molecule has 0 saturated carbocycles. The second kappa shape index (κ2) is 9.18. The van der Waals surface area contributed by atoms with Crippen molar-refractivity contribution >= 4 is 5.97 Å². The van der Waals surface area contributed by atoms with E-state index in [4.69, 9.17) is 4.74 Å². The van der Waals surface area contributed by atoms with Gasteiger partial charge in [0.05, 0.1) is 12.7 Å². The van der Waals surface area contributed by atoms with Gasteiger partial charge in [0.2, 0.25) is 0 Å². The average Bonchev–Trinajstić information content (AvgIpc) is 2.51. The van der Waals surface area contributed by atoms with Crippen LogP contribution in [0.5, 0.6) is 0 Å². The van der Waals surface area contributed by atoms with Gasteiger partial charge in [0, 0.05) is 0 Å². The zero-order valence-electron chi connectivity index (χ0n) is 13.2. The Morgan fingerprint density at radius 1 is 1.29 bits per heavy atom. The van der Waals surface area contributed by atoms with Crippen LogP contribution in [-0.4, -0.2) is 12.6 Å². The van der Waals surface area contributed by atoms with Crippen LogP contribution in [0.2, 0.25) is 0 Å². The summed E-state index contributed by atoms with van der Waals surface area (Å²) in [7, 11) is 0. The molecule has 0 aromatic heterocycles. The number of nitrogens with zero attached hydrogens (tertiary/aromatic N) is 1. The van der Waals surface area contributed by atoms with Gasteiger partial charge in [0.1, 0.15) is 5.92 Å². The third kappa shape index (κ3) is 4.90. The fraction of sp³-hybridized carbons (Fsp3) is 0.556. The van der Waals surface area contributed by atoms with Crippen LogP contribution in [0.3, 0.4) is 0 Å². The molecule has 1 aromatic carbocycles. The van der Waals surface area contributed by atoms with E-state index < -0.39 is 5.92 Å². The average molecular weight is 287 g/mol. The molecule has 1 aromatic rings. The van der Waals surface area contributed by atoms with Gasteiger partial charge < -0.3 is 4.74 Å². The summed E-state index contributed by atoms with van der Waals surface area (Å²) in [6, 6.07) is 12.3. The second-order valence-electron chi connectivity index (χ2n) is 5.36. The molecule has 0 aliphatic carbocycles. The van der Waals surface area contributed by atoms with Crippen LogP contribution in [-0.2, 0) is 9.53 Å². The molecule has 0 aliphatic heterocycles. The summed E-state index contributed by atoms with van der Waals surface area (Å²) in [4.78, 5) is 12.1. The zero-order chi connectivity index (χ0) is 15.7. The minimum absolute atomic E-state index is 0.00333. The van der Waals surface area contributed by atoms with E-state index in [0.717, 1.165) is 19.3 Å². The van der Waals surface area contributed by atoms with E-state index in [1.165, 1.54) is 5.56 Å². The summed E-state index contributed by atoms with van der Waals surface area (Å²) in [5, 5.41) is 9.44. The first-order chi connectivity index (χ1) is 10.2. The number of hydrogen-bond acceptors (Lipinski definition) is 3. The molecule has 1 rings (SSSR count). The van der Waals surface area contributed by atoms with Crippen molar-refractivity contribution in [2.45, 2.75) is 46.0 Å². The SMILES string of the molecule is CCCC[C@@H](C(C#N)C(=O)OCC)[C@H](C)c1ccccc1. The van der Waals surface area contributed by atoms with Gasteiger partial charge in [-0.3, -0.25) is 4.79 Å². The van der Waals surface area contributed by atoms with Crippen molar-refractivity contribution in [1.29, 1.82) is 5.26 Å². The Morgan fingerprint density at radius 2 is 1.95 bits per heavy atom. The third-order valence-corrected chi connectivity index (χ3v) is 3.97. The smallest absolute Gasteiger partial charge is 0.323 e. The van der Waals surface area contributed by atoms with Crippen molar-refractivity contribution in [1.82, 2.24) is 0 Å². The second-order valence-corrected chi connectivity index (χ2v) is 5.36. The number of carbonyl (C=O) groups is 1. The Hall–Kier alpha value is -1.82. The topological polar surface area (TPSA) is 50.1 Å². The molecule has 3 nitrogen and oxygen atoms in total. The van der Waals surface area contributed by atoms with E-state index in [9.17, 15) is 10.1 Å². The lowest BCUT2D eigenvalue weighted by molar-refractivity contribution is -0.148. The lowest BCUT2D eigenvalue weighted by Crippen LogP contribution is -2.28. The fourth-order valence-electron chi connectivity index (χ4n) is 2.70. The minimum atomic E-state index is -0.688. The van der Waals surface area contributed by atoms with Crippen LogP contribution >= 0.6 is 0 Å². The summed E-state index contributed by atoms with van der Waals surface area (Å²) in [6.07, 6.45) is 2.93. The molecule has 0 fully saturated rings. The molecular formula is C18H25NO2. The zero-order valence-corrected chi connectivity index (χ0v) is 13.2. The van der Waals surface area contributed by atoms with E-state index in [2.05, 4.69) is 32.0 Å². The standard InChI is InChI=1S/C18H25NO2/c1-4-6-12-16(17(13-19)18(20)21-5-2)14(3)15-10-8-7-9-11-15/h7-11,14,16-17H,4-6,12H2,1-3H3/t14-,16-,17?/m1/s1. The van der Waals surface area contributed by atoms with Gasteiger partial charge in [-0.05, 0) is 30.7 Å². The molecule has 0 heterocycles. The molecule has 0 aliphatic rings. The Labute approximate surface area is 127 Å². The first-order valence-corrected chi connectivity index (χ1v) is 7.76. The normalized spacial score (nSPS) is 14.8. The summed E-state index contributed by atoms with van der Waals surface area (Å²) in [5.74, 6) is -0.918. The van der Waals surface area contributed by atoms with Gasteiger partial charge >= 0.3 is 5.97 Å². The highest BCUT2D eigenvalue weighted by Crippen LogP contribution is 2.34. The van der Waals surface area contributed by atoms with E-state index in [1.807, 2.05) is 18.2 Å². The molecule has 3 atom stereocenters. The summed E-state index contributed by atoms with van der Waals surface area (Å²) >= 11 is 0. The van der Waals surface area contributed by atoms with Crippen LogP contribution in [0.25, 0.3) is 0 Å². The summed E-state index contributed by atoms with van der Waals surface area (Å²) < 4.78 is 5.08. The fourth-order valence-corrected chi connectivity index (χ4v) is 2.70. The first kappa shape index (κ1) is 17.2. The lowest BCUT2D eigenvalue weighted by atomic mass is 9.76. The summed E-state index contributed by atoms with van der Waals surface area (Å²) in [6.45, 7) is 6.31. The van der Waals surface area contributed by atoms with Gasteiger partial charge in [0.15, 0.2) is 0 Å². The number of hydrogen-bond donors (Lipinski definition) is 0. The van der Waals surface area contributed by atoms with Crippen molar-refractivity contribution < 1.29 is 9.53 Å². The van der Waals surface area contributed by atoms with E-state index in [-0.39, 0.29) is 17.8 Å². The quantitative estimate of drug-likeness (QED) is 0.670. The maximum atomic E-state index is 12.1.